The van der Waals surface area contributed by atoms with Crippen LogP contribution in [0.3, 0.4) is 0 Å². The highest BCUT2D eigenvalue weighted by molar-refractivity contribution is 5.78. The van der Waals surface area contributed by atoms with Crippen LogP contribution >= 0.6 is 0 Å². The molecule has 0 fully saturated rings. The minimum atomic E-state index is -4.35. The van der Waals surface area contributed by atoms with Gasteiger partial charge in [-0.15, -0.1) is 0 Å². The number of carbonyl (C=O) groups excluding carboxylic acids is 1. The standard InChI is InChI=1S/C15H21F3N2O2/c1-11(2)20(3)9-14(21)19-8-12-4-6-13(7-5-12)22-10-15(16,17)18/h4-7,11H,8-10H2,1-3H3,(H,19,21). The van der Waals surface area contributed by atoms with Gasteiger partial charge in [-0.2, -0.15) is 13.2 Å². The fraction of sp³-hybridized carbons (Fsp3) is 0.533. The summed E-state index contributed by atoms with van der Waals surface area (Å²) in [4.78, 5) is 13.6. The number of ether oxygens (including phenoxy) is 1. The first-order valence-electron chi connectivity index (χ1n) is 6.93. The zero-order chi connectivity index (χ0) is 16.8. The summed E-state index contributed by atoms with van der Waals surface area (Å²) < 4.78 is 40.7. The molecule has 0 spiro atoms. The van der Waals surface area contributed by atoms with Gasteiger partial charge in [-0.05, 0) is 38.6 Å². The van der Waals surface area contributed by atoms with Crippen molar-refractivity contribution in [2.45, 2.75) is 32.6 Å². The Kier molecular flexibility index (Phi) is 6.67. The van der Waals surface area contributed by atoms with Gasteiger partial charge in [0.2, 0.25) is 5.91 Å². The van der Waals surface area contributed by atoms with E-state index in [2.05, 4.69) is 10.1 Å². The topological polar surface area (TPSA) is 41.6 Å². The van der Waals surface area contributed by atoms with Crippen molar-refractivity contribution in [3.63, 3.8) is 0 Å². The number of hydrogen-bond donors (Lipinski definition) is 1. The fourth-order valence-corrected chi connectivity index (χ4v) is 1.53. The summed E-state index contributed by atoms with van der Waals surface area (Å²) in [7, 11) is 1.86. The van der Waals surface area contributed by atoms with E-state index in [-0.39, 0.29) is 17.7 Å². The van der Waals surface area contributed by atoms with Crippen molar-refractivity contribution in [1.29, 1.82) is 0 Å². The lowest BCUT2D eigenvalue weighted by Crippen LogP contribution is -2.38. The van der Waals surface area contributed by atoms with Crippen molar-refractivity contribution in [3.8, 4) is 5.75 Å². The molecule has 0 heterocycles. The zero-order valence-electron chi connectivity index (χ0n) is 12.9. The third-order valence-electron chi connectivity index (χ3n) is 3.09. The van der Waals surface area contributed by atoms with Gasteiger partial charge < -0.3 is 10.1 Å². The van der Waals surface area contributed by atoms with Gasteiger partial charge in [0.05, 0.1) is 6.54 Å². The summed E-state index contributed by atoms with van der Waals surface area (Å²) in [5.41, 5.74) is 0.792. The van der Waals surface area contributed by atoms with E-state index in [1.165, 1.54) is 12.1 Å². The third-order valence-corrected chi connectivity index (χ3v) is 3.09. The molecular formula is C15H21F3N2O2. The number of likely N-dealkylation sites (N-methyl/N-ethyl adjacent to an activating group) is 1. The lowest BCUT2D eigenvalue weighted by molar-refractivity contribution is -0.153. The van der Waals surface area contributed by atoms with E-state index in [1.54, 1.807) is 12.1 Å². The lowest BCUT2D eigenvalue weighted by Gasteiger charge is -2.20. The van der Waals surface area contributed by atoms with Crippen LogP contribution in [0.25, 0.3) is 0 Å². The smallest absolute Gasteiger partial charge is 0.422 e. The Morgan fingerprint density at radius 3 is 2.36 bits per heavy atom. The van der Waals surface area contributed by atoms with E-state index in [0.717, 1.165) is 5.56 Å². The number of carbonyl (C=O) groups is 1. The van der Waals surface area contributed by atoms with Crippen molar-refractivity contribution < 1.29 is 22.7 Å². The van der Waals surface area contributed by atoms with Gasteiger partial charge in [0.1, 0.15) is 5.75 Å². The Hall–Kier alpha value is -1.76. The quantitative estimate of drug-likeness (QED) is 0.840. The zero-order valence-corrected chi connectivity index (χ0v) is 12.9. The summed E-state index contributed by atoms with van der Waals surface area (Å²) in [6, 6.07) is 6.42. The molecule has 1 aromatic carbocycles. The Labute approximate surface area is 128 Å². The van der Waals surface area contributed by atoms with Crippen LogP contribution in [0.15, 0.2) is 24.3 Å². The Morgan fingerprint density at radius 1 is 1.27 bits per heavy atom. The van der Waals surface area contributed by atoms with E-state index in [4.69, 9.17) is 0 Å². The molecule has 0 unspecified atom stereocenters. The number of benzene rings is 1. The molecule has 0 aliphatic rings. The highest BCUT2D eigenvalue weighted by atomic mass is 19.4. The Bertz CT molecular complexity index is 473. The van der Waals surface area contributed by atoms with Crippen LogP contribution in [0.4, 0.5) is 13.2 Å². The van der Waals surface area contributed by atoms with Crippen LogP contribution < -0.4 is 10.1 Å². The maximum atomic E-state index is 12.0. The molecule has 0 saturated heterocycles. The molecular weight excluding hydrogens is 297 g/mol. The summed E-state index contributed by atoms with van der Waals surface area (Å²) in [6.45, 7) is 3.29. The molecule has 0 saturated carbocycles. The SMILES string of the molecule is CC(C)N(C)CC(=O)NCc1ccc(OCC(F)(F)F)cc1. The molecule has 4 nitrogen and oxygen atoms in total. The van der Waals surface area contributed by atoms with Gasteiger partial charge in [-0.25, -0.2) is 0 Å². The fourth-order valence-electron chi connectivity index (χ4n) is 1.53. The molecule has 1 aromatic rings. The van der Waals surface area contributed by atoms with Crippen LogP contribution in [-0.4, -0.2) is 43.2 Å². The number of nitrogens with zero attached hydrogens (tertiary/aromatic N) is 1. The average Bonchev–Trinajstić information content (AvgIpc) is 2.43. The third kappa shape index (κ3) is 7.31. The van der Waals surface area contributed by atoms with Gasteiger partial charge in [0, 0.05) is 12.6 Å². The molecule has 7 heteroatoms. The molecule has 0 aliphatic heterocycles. The number of rotatable bonds is 7. The van der Waals surface area contributed by atoms with E-state index in [9.17, 15) is 18.0 Å². The largest absolute Gasteiger partial charge is 0.484 e. The lowest BCUT2D eigenvalue weighted by atomic mass is 10.2. The van der Waals surface area contributed by atoms with Crippen molar-refractivity contribution >= 4 is 5.91 Å². The number of halogens is 3. The number of hydrogen-bond acceptors (Lipinski definition) is 3. The van der Waals surface area contributed by atoms with Crippen LogP contribution in [0, 0.1) is 0 Å². The van der Waals surface area contributed by atoms with Crippen LogP contribution in [-0.2, 0) is 11.3 Å². The molecule has 1 N–H and O–H groups in total. The van der Waals surface area contributed by atoms with Gasteiger partial charge in [0.15, 0.2) is 6.61 Å². The second kappa shape index (κ2) is 8.03. The maximum absolute atomic E-state index is 12.0. The van der Waals surface area contributed by atoms with Gasteiger partial charge >= 0.3 is 6.18 Å². The summed E-state index contributed by atoms with van der Waals surface area (Å²) in [5, 5.41) is 2.76. The Balaban J connectivity index is 2.40. The van der Waals surface area contributed by atoms with Crippen molar-refractivity contribution in [2.75, 3.05) is 20.2 Å². The molecule has 124 valence electrons. The monoisotopic (exact) mass is 318 g/mol. The molecule has 22 heavy (non-hydrogen) atoms. The normalized spacial score (nSPS) is 11.8. The second-order valence-electron chi connectivity index (χ2n) is 5.33. The van der Waals surface area contributed by atoms with E-state index >= 15 is 0 Å². The predicted molar refractivity (Wildman–Crippen MR) is 77.6 cm³/mol. The first-order chi connectivity index (χ1) is 10.2. The van der Waals surface area contributed by atoms with Crippen LogP contribution in [0.1, 0.15) is 19.4 Å². The minimum absolute atomic E-state index is 0.103. The minimum Gasteiger partial charge on any atom is -0.484 e. The highest BCUT2D eigenvalue weighted by Gasteiger charge is 2.28. The number of amides is 1. The molecule has 0 aliphatic carbocycles. The molecule has 1 amide bonds. The van der Waals surface area contributed by atoms with Crippen molar-refractivity contribution in [1.82, 2.24) is 10.2 Å². The number of alkyl halides is 3. The molecule has 0 bridgehead atoms. The molecule has 0 aromatic heterocycles. The van der Waals surface area contributed by atoms with E-state index in [0.29, 0.717) is 13.1 Å². The highest BCUT2D eigenvalue weighted by Crippen LogP contribution is 2.18. The van der Waals surface area contributed by atoms with Crippen molar-refractivity contribution in [2.24, 2.45) is 0 Å². The predicted octanol–water partition coefficient (Wildman–Crippen LogP) is 2.58. The first-order valence-corrected chi connectivity index (χ1v) is 6.93. The molecule has 0 radical (unpaired) electrons. The first kappa shape index (κ1) is 18.3. The van der Waals surface area contributed by atoms with E-state index in [1.807, 2.05) is 25.8 Å². The molecule has 1 rings (SSSR count). The summed E-state index contributed by atoms with van der Waals surface area (Å²) in [5.74, 6) is 0.0422. The van der Waals surface area contributed by atoms with E-state index < -0.39 is 12.8 Å². The summed E-state index contributed by atoms with van der Waals surface area (Å²) >= 11 is 0. The molecule has 0 atom stereocenters. The second-order valence-corrected chi connectivity index (χ2v) is 5.33. The maximum Gasteiger partial charge on any atom is 0.422 e. The van der Waals surface area contributed by atoms with Gasteiger partial charge in [-0.1, -0.05) is 12.1 Å². The van der Waals surface area contributed by atoms with Crippen LogP contribution in [0.5, 0.6) is 5.75 Å². The Morgan fingerprint density at radius 2 is 1.86 bits per heavy atom. The van der Waals surface area contributed by atoms with Gasteiger partial charge in [-0.3, -0.25) is 9.69 Å². The number of nitrogens with one attached hydrogen (secondary N) is 1. The van der Waals surface area contributed by atoms with Crippen molar-refractivity contribution in [3.05, 3.63) is 29.8 Å². The van der Waals surface area contributed by atoms with Crippen LogP contribution in [0.2, 0.25) is 0 Å². The van der Waals surface area contributed by atoms with Gasteiger partial charge in [0.25, 0.3) is 0 Å². The average molecular weight is 318 g/mol. The summed E-state index contributed by atoms with van der Waals surface area (Å²) in [6.07, 6.45) is -4.35.